The van der Waals surface area contributed by atoms with Gasteiger partial charge in [-0.2, -0.15) is 0 Å². The van der Waals surface area contributed by atoms with E-state index >= 15 is 0 Å². The molecule has 2 rings (SSSR count). The van der Waals surface area contributed by atoms with Crippen molar-refractivity contribution in [2.75, 3.05) is 0 Å². The Balaban J connectivity index is 2.13. The lowest BCUT2D eigenvalue weighted by molar-refractivity contribution is 0.305. The van der Waals surface area contributed by atoms with Gasteiger partial charge in [0.25, 0.3) is 0 Å². The third kappa shape index (κ3) is 3.54. The zero-order valence-electron chi connectivity index (χ0n) is 11.7. The number of hydrogen-bond acceptors (Lipinski definition) is 3. The quantitative estimate of drug-likeness (QED) is 0.856. The Bertz CT molecular complexity index is 611. The van der Waals surface area contributed by atoms with Crippen molar-refractivity contribution in [1.82, 2.24) is 4.98 Å². The van der Waals surface area contributed by atoms with Gasteiger partial charge >= 0.3 is 0 Å². The summed E-state index contributed by atoms with van der Waals surface area (Å²) in [6, 6.07) is 11.9. The normalized spacial score (nSPS) is 10.6. The highest BCUT2D eigenvalue weighted by atomic mass is 32.1. The zero-order chi connectivity index (χ0) is 14.5. The van der Waals surface area contributed by atoms with E-state index in [1.807, 2.05) is 24.3 Å². The summed E-state index contributed by atoms with van der Waals surface area (Å²) in [5.74, 6) is 1.32. The topological polar surface area (TPSA) is 48.1 Å². The molecule has 0 radical (unpaired) electrons. The van der Waals surface area contributed by atoms with Gasteiger partial charge in [-0.15, -0.1) is 0 Å². The molecular weight excluding hydrogens is 268 g/mol. The summed E-state index contributed by atoms with van der Waals surface area (Å²) >= 11 is 5.00. The van der Waals surface area contributed by atoms with E-state index in [1.165, 1.54) is 5.56 Å². The van der Waals surface area contributed by atoms with Crippen molar-refractivity contribution >= 4 is 17.2 Å². The van der Waals surface area contributed by atoms with Crippen LogP contribution >= 0.6 is 12.2 Å². The van der Waals surface area contributed by atoms with E-state index in [-0.39, 0.29) is 0 Å². The van der Waals surface area contributed by atoms with E-state index < -0.39 is 0 Å². The average Bonchev–Trinajstić information content (AvgIpc) is 2.45. The first-order valence-corrected chi connectivity index (χ1v) is 6.95. The van der Waals surface area contributed by atoms with Gasteiger partial charge in [-0.3, -0.25) is 4.98 Å². The number of thiocarbonyl (C=S) groups is 1. The Kier molecular flexibility index (Phi) is 4.69. The summed E-state index contributed by atoms with van der Waals surface area (Å²) < 4.78 is 5.82. The van der Waals surface area contributed by atoms with Crippen LogP contribution < -0.4 is 10.5 Å². The second-order valence-corrected chi connectivity index (χ2v) is 5.33. The average molecular weight is 286 g/mol. The van der Waals surface area contributed by atoms with Crippen molar-refractivity contribution < 1.29 is 4.74 Å². The molecule has 0 spiro atoms. The lowest BCUT2D eigenvalue weighted by Gasteiger charge is -2.11. The third-order valence-electron chi connectivity index (χ3n) is 3.04. The van der Waals surface area contributed by atoms with Gasteiger partial charge in [0, 0.05) is 11.8 Å². The molecule has 0 aliphatic carbocycles. The molecule has 3 nitrogen and oxygen atoms in total. The number of nitrogens with zero attached hydrogens (tertiary/aromatic N) is 1. The van der Waals surface area contributed by atoms with Crippen LogP contribution in [0.15, 0.2) is 42.6 Å². The molecule has 0 bridgehead atoms. The molecule has 0 amide bonds. The molecule has 104 valence electrons. The first-order valence-electron chi connectivity index (χ1n) is 6.54. The van der Waals surface area contributed by atoms with Gasteiger partial charge in [0.15, 0.2) is 0 Å². The Morgan fingerprint density at radius 3 is 2.80 bits per heavy atom. The fourth-order valence-electron chi connectivity index (χ4n) is 1.90. The van der Waals surface area contributed by atoms with Crippen molar-refractivity contribution in [3.63, 3.8) is 0 Å². The maximum atomic E-state index is 5.82. The summed E-state index contributed by atoms with van der Waals surface area (Å²) in [5.41, 5.74) is 8.44. The van der Waals surface area contributed by atoms with E-state index in [0.717, 1.165) is 11.3 Å². The number of nitrogens with two attached hydrogens (primary N) is 1. The van der Waals surface area contributed by atoms with Crippen molar-refractivity contribution in [3.05, 3.63) is 59.4 Å². The fourth-order valence-corrected chi connectivity index (χ4v) is 2.09. The van der Waals surface area contributed by atoms with E-state index in [4.69, 9.17) is 22.7 Å². The van der Waals surface area contributed by atoms with Crippen LogP contribution in [0.5, 0.6) is 5.75 Å². The Hall–Kier alpha value is -1.94. The van der Waals surface area contributed by atoms with Crippen molar-refractivity contribution in [3.8, 4) is 5.75 Å². The zero-order valence-corrected chi connectivity index (χ0v) is 12.5. The van der Waals surface area contributed by atoms with E-state index in [2.05, 4.69) is 31.0 Å². The highest BCUT2D eigenvalue weighted by molar-refractivity contribution is 7.80. The molecular formula is C16H18N2OS. The third-order valence-corrected chi connectivity index (χ3v) is 3.24. The van der Waals surface area contributed by atoms with Crippen LogP contribution in [0.2, 0.25) is 0 Å². The first-order chi connectivity index (χ1) is 9.58. The summed E-state index contributed by atoms with van der Waals surface area (Å²) in [5, 5.41) is 0. The molecule has 2 aromatic rings. The van der Waals surface area contributed by atoms with Gasteiger partial charge in [0.1, 0.15) is 23.0 Å². The highest BCUT2D eigenvalue weighted by Gasteiger charge is 2.07. The predicted molar refractivity (Wildman–Crippen MR) is 85.0 cm³/mol. The molecule has 4 heteroatoms. The molecule has 0 aliphatic rings. The standard InChI is InChI=1S/C16H18N2OS/c1-11(2)12-5-3-7-14(9-12)19-10-13-6-4-8-18-15(13)16(17)20/h3-9,11H,10H2,1-2H3,(H2,17,20). The first kappa shape index (κ1) is 14.5. The van der Waals surface area contributed by atoms with Crippen LogP contribution in [-0.4, -0.2) is 9.97 Å². The highest BCUT2D eigenvalue weighted by Crippen LogP contribution is 2.21. The molecule has 20 heavy (non-hydrogen) atoms. The van der Waals surface area contributed by atoms with Crippen LogP contribution in [-0.2, 0) is 6.61 Å². The van der Waals surface area contributed by atoms with E-state index in [1.54, 1.807) is 6.20 Å². The number of hydrogen-bond donors (Lipinski definition) is 1. The molecule has 0 aliphatic heterocycles. The number of ether oxygens (including phenoxy) is 1. The maximum Gasteiger partial charge on any atom is 0.123 e. The minimum atomic E-state index is 0.292. The van der Waals surface area contributed by atoms with Crippen LogP contribution in [0.1, 0.15) is 36.6 Å². The maximum absolute atomic E-state index is 5.82. The van der Waals surface area contributed by atoms with Crippen LogP contribution in [0.3, 0.4) is 0 Å². The van der Waals surface area contributed by atoms with Crippen LogP contribution in [0.4, 0.5) is 0 Å². The Morgan fingerprint density at radius 2 is 2.10 bits per heavy atom. The van der Waals surface area contributed by atoms with E-state index in [9.17, 15) is 0 Å². The number of aromatic nitrogens is 1. The summed E-state index contributed by atoms with van der Waals surface area (Å²) in [6.07, 6.45) is 1.68. The molecule has 1 aromatic carbocycles. The number of rotatable bonds is 5. The van der Waals surface area contributed by atoms with Gasteiger partial charge in [-0.05, 0) is 29.7 Å². The molecule has 1 heterocycles. The minimum absolute atomic E-state index is 0.292. The molecule has 0 saturated heterocycles. The number of pyridine rings is 1. The predicted octanol–water partition coefficient (Wildman–Crippen LogP) is 3.42. The van der Waals surface area contributed by atoms with Crippen molar-refractivity contribution in [2.45, 2.75) is 26.4 Å². The van der Waals surface area contributed by atoms with Gasteiger partial charge in [0.2, 0.25) is 0 Å². The lowest BCUT2D eigenvalue weighted by atomic mass is 10.0. The summed E-state index contributed by atoms with van der Waals surface area (Å²) in [4.78, 5) is 4.48. The summed E-state index contributed by atoms with van der Waals surface area (Å²) in [7, 11) is 0. The van der Waals surface area contributed by atoms with Gasteiger partial charge in [-0.25, -0.2) is 0 Å². The van der Waals surface area contributed by atoms with Crippen molar-refractivity contribution in [2.24, 2.45) is 5.73 Å². The van der Waals surface area contributed by atoms with Crippen LogP contribution in [0, 0.1) is 0 Å². The Morgan fingerprint density at radius 1 is 1.30 bits per heavy atom. The molecule has 0 saturated carbocycles. The van der Waals surface area contributed by atoms with Crippen molar-refractivity contribution in [1.29, 1.82) is 0 Å². The SMILES string of the molecule is CC(C)c1cccc(OCc2cccnc2C(N)=S)c1. The molecule has 0 atom stereocenters. The summed E-state index contributed by atoms with van der Waals surface area (Å²) in [6.45, 7) is 4.72. The van der Waals surface area contributed by atoms with E-state index in [0.29, 0.717) is 23.2 Å². The van der Waals surface area contributed by atoms with Gasteiger partial charge in [-0.1, -0.05) is 44.3 Å². The molecule has 2 N–H and O–H groups in total. The largest absolute Gasteiger partial charge is 0.489 e. The van der Waals surface area contributed by atoms with Crippen LogP contribution in [0.25, 0.3) is 0 Å². The fraction of sp³-hybridized carbons (Fsp3) is 0.250. The van der Waals surface area contributed by atoms with Gasteiger partial charge < -0.3 is 10.5 Å². The number of benzene rings is 1. The minimum Gasteiger partial charge on any atom is -0.489 e. The second-order valence-electron chi connectivity index (χ2n) is 4.89. The lowest BCUT2D eigenvalue weighted by Crippen LogP contribution is -2.15. The van der Waals surface area contributed by atoms with Gasteiger partial charge in [0.05, 0.1) is 0 Å². The smallest absolute Gasteiger partial charge is 0.123 e. The molecule has 1 aromatic heterocycles. The Labute approximate surface area is 124 Å². The monoisotopic (exact) mass is 286 g/mol. The molecule has 0 fully saturated rings. The second kappa shape index (κ2) is 6.48. The molecule has 0 unspecified atom stereocenters.